The largest absolute Gasteiger partial charge is 0.309 e. The second-order valence-corrected chi connectivity index (χ2v) is 5.76. The third kappa shape index (κ3) is 2.66. The lowest BCUT2D eigenvalue weighted by molar-refractivity contribution is 0.694. The van der Waals surface area contributed by atoms with Crippen LogP contribution in [0.4, 0.5) is 0 Å². The first-order valence-corrected chi connectivity index (χ1v) is 6.93. The molecule has 90 valence electrons. The minimum absolute atomic E-state index is 0.0890. The molecule has 2 rings (SSSR count). The highest BCUT2D eigenvalue weighted by atomic mass is 35.5. The van der Waals surface area contributed by atoms with E-state index in [1.165, 1.54) is 10.4 Å². The van der Waals surface area contributed by atoms with Crippen LogP contribution in [0, 0.1) is 6.92 Å². The minimum atomic E-state index is 0.0890. The van der Waals surface area contributed by atoms with Crippen LogP contribution in [0.2, 0.25) is 10.0 Å². The Balaban J connectivity index is 2.45. The molecule has 1 nitrogen and oxygen atoms in total. The van der Waals surface area contributed by atoms with E-state index in [4.69, 9.17) is 23.2 Å². The van der Waals surface area contributed by atoms with Crippen molar-refractivity contribution in [1.29, 1.82) is 0 Å². The van der Waals surface area contributed by atoms with E-state index >= 15 is 0 Å². The molecule has 1 N–H and O–H groups in total. The van der Waals surface area contributed by atoms with Gasteiger partial charge in [-0.25, -0.2) is 0 Å². The van der Waals surface area contributed by atoms with E-state index in [-0.39, 0.29) is 6.04 Å². The van der Waals surface area contributed by atoms with Crippen molar-refractivity contribution < 1.29 is 0 Å². The van der Waals surface area contributed by atoms with Gasteiger partial charge in [0.25, 0.3) is 0 Å². The average molecular weight is 286 g/mol. The van der Waals surface area contributed by atoms with Crippen LogP contribution in [0.5, 0.6) is 0 Å². The Hall–Kier alpha value is -0.540. The molecular weight excluding hydrogens is 273 g/mol. The van der Waals surface area contributed by atoms with Gasteiger partial charge in [0.2, 0.25) is 0 Å². The van der Waals surface area contributed by atoms with E-state index in [1.807, 2.05) is 19.2 Å². The van der Waals surface area contributed by atoms with Crippen LogP contribution in [0.1, 0.15) is 22.0 Å². The van der Waals surface area contributed by atoms with Gasteiger partial charge >= 0.3 is 0 Å². The van der Waals surface area contributed by atoms with Gasteiger partial charge in [-0.1, -0.05) is 35.3 Å². The zero-order valence-corrected chi connectivity index (χ0v) is 12.0. The van der Waals surface area contributed by atoms with E-state index in [0.717, 1.165) is 5.56 Å². The molecule has 2 aromatic rings. The molecule has 4 heteroatoms. The zero-order valence-electron chi connectivity index (χ0n) is 9.63. The molecule has 1 atom stereocenters. The predicted molar refractivity (Wildman–Crippen MR) is 76.4 cm³/mol. The van der Waals surface area contributed by atoms with Gasteiger partial charge in [0.05, 0.1) is 16.1 Å². The predicted octanol–water partition coefficient (Wildman–Crippen LogP) is 4.67. The van der Waals surface area contributed by atoms with Crippen LogP contribution in [0.15, 0.2) is 29.6 Å². The van der Waals surface area contributed by atoms with E-state index in [1.54, 1.807) is 17.4 Å². The quantitative estimate of drug-likeness (QED) is 0.864. The lowest BCUT2D eigenvalue weighted by Gasteiger charge is -2.17. The molecule has 1 aromatic heterocycles. The van der Waals surface area contributed by atoms with Crippen molar-refractivity contribution in [2.45, 2.75) is 13.0 Å². The summed E-state index contributed by atoms with van der Waals surface area (Å²) in [6.45, 7) is 2.10. The summed E-state index contributed by atoms with van der Waals surface area (Å²) in [6, 6.07) is 7.99. The number of aryl methyl sites for hydroxylation is 1. The lowest BCUT2D eigenvalue weighted by atomic mass is 10.0. The second-order valence-electron chi connectivity index (χ2n) is 3.86. The molecule has 1 unspecified atom stereocenters. The highest BCUT2D eigenvalue weighted by molar-refractivity contribution is 7.10. The smallest absolute Gasteiger partial charge is 0.0643 e. The summed E-state index contributed by atoms with van der Waals surface area (Å²) in [5.74, 6) is 0. The molecule has 0 bridgehead atoms. The van der Waals surface area contributed by atoms with E-state index in [9.17, 15) is 0 Å². The van der Waals surface area contributed by atoms with Crippen LogP contribution in [-0.2, 0) is 0 Å². The monoisotopic (exact) mass is 285 g/mol. The van der Waals surface area contributed by atoms with Crippen molar-refractivity contribution in [3.8, 4) is 0 Å². The zero-order chi connectivity index (χ0) is 12.4. The molecule has 0 aliphatic rings. The first kappa shape index (κ1) is 12.9. The van der Waals surface area contributed by atoms with Crippen LogP contribution in [0.25, 0.3) is 0 Å². The van der Waals surface area contributed by atoms with Gasteiger partial charge in [-0.05, 0) is 42.6 Å². The Bertz CT molecular complexity index is 522. The summed E-state index contributed by atoms with van der Waals surface area (Å²) in [7, 11) is 1.93. The Morgan fingerprint density at radius 3 is 2.65 bits per heavy atom. The lowest BCUT2D eigenvalue weighted by Crippen LogP contribution is -2.17. The molecule has 0 fully saturated rings. The number of nitrogens with one attached hydrogen (secondary N) is 1. The van der Waals surface area contributed by atoms with Gasteiger partial charge in [-0.2, -0.15) is 0 Å². The maximum Gasteiger partial charge on any atom is 0.0643 e. The van der Waals surface area contributed by atoms with Crippen LogP contribution < -0.4 is 5.32 Å². The van der Waals surface area contributed by atoms with Crippen molar-refractivity contribution in [3.05, 3.63) is 55.7 Å². The summed E-state index contributed by atoms with van der Waals surface area (Å²) in [5.41, 5.74) is 2.23. The third-order valence-electron chi connectivity index (χ3n) is 2.67. The molecule has 0 amide bonds. The minimum Gasteiger partial charge on any atom is -0.309 e. The average Bonchev–Trinajstić information content (AvgIpc) is 2.72. The van der Waals surface area contributed by atoms with Gasteiger partial charge in [0, 0.05) is 4.88 Å². The number of rotatable bonds is 3. The Labute approximate surface area is 115 Å². The van der Waals surface area contributed by atoms with E-state index < -0.39 is 0 Å². The van der Waals surface area contributed by atoms with Crippen LogP contribution >= 0.6 is 34.5 Å². The fourth-order valence-corrected chi connectivity index (χ4v) is 3.01. The third-order valence-corrected chi connectivity index (χ3v) is 4.38. The summed E-state index contributed by atoms with van der Waals surface area (Å²) in [6.07, 6.45) is 0. The maximum absolute atomic E-state index is 6.25. The molecule has 1 heterocycles. The van der Waals surface area contributed by atoms with E-state index in [0.29, 0.717) is 10.0 Å². The van der Waals surface area contributed by atoms with E-state index in [2.05, 4.69) is 23.7 Å². The molecule has 1 aromatic carbocycles. The number of hydrogen-bond acceptors (Lipinski definition) is 2. The van der Waals surface area contributed by atoms with Crippen molar-refractivity contribution >= 4 is 34.5 Å². The molecule has 0 aliphatic heterocycles. The first-order valence-electron chi connectivity index (χ1n) is 5.29. The molecule has 0 aliphatic carbocycles. The molecule has 0 saturated heterocycles. The molecule has 17 heavy (non-hydrogen) atoms. The number of halogens is 2. The first-order chi connectivity index (χ1) is 8.13. The summed E-state index contributed by atoms with van der Waals surface area (Å²) in [5, 5.41) is 6.64. The number of benzene rings is 1. The van der Waals surface area contributed by atoms with Gasteiger partial charge in [0.1, 0.15) is 0 Å². The normalized spacial score (nSPS) is 12.7. The number of thiophene rings is 1. The summed E-state index contributed by atoms with van der Waals surface area (Å²) >= 11 is 14.0. The molecule has 0 radical (unpaired) electrons. The summed E-state index contributed by atoms with van der Waals surface area (Å²) in [4.78, 5) is 1.29. The Morgan fingerprint density at radius 1 is 1.29 bits per heavy atom. The van der Waals surface area contributed by atoms with Crippen molar-refractivity contribution in [2.24, 2.45) is 0 Å². The van der Waals surface area contributed by atoms with Crippen molar-refractivity contribution in [3.63, 3.8) is 0 Å². The molecule has 0 saturated carbocycles. The Morgan fingerprint density at radius 2 is 2.06 bits per heavy atom. The Kier molecular flexibility index (Phi) is 4.10. The topological polar surface area (TPSA) is 12.0 Å². The molecular formula is C13H13Cl2NS. The SMILES string of the molecule is CNC(c1csc(C)c1)c1cccc(Cl)c1Cl. The van der Waals surface area contributed by atoms with Crippen LogP contribution in [-0.4, -0.2) is 7.05 Å². The number of hydrogen-bond donors (Lipinski definition) is 1. The van der Waals surface area contributed by atoms with Crippen molar-refractivity contribution in [1.82, 2.24) is 5.32 Å². The maximum atomic E-state index is 6.25. The highest BCUT2D eigenvalue weighted by Gasteiger charge is 2.17. The standard InChI is InChI=1S/C13H13Cl2NS/c1-8-6-9(7-17-8)13(16-2)10-4-3-5-11(14)12(10)15/h3-7,13,16H,1-2H3. The molecule has 0 spiro atoms. The summed E-state index contributed by atoms with van der Waals surface area (Å²) < 4.78 is 0. The fourth-order valence-electron chi connectivity index (χ4n) is 1.86. The second kappa shape index (κ2) is 5.40. The van der Waals surface area contributed by atoms with Gasteiger partial charge in [-0.15, -0.1) is 11.3 Å². The van der Waals surface area contributed by atoms with Gasteiger partial charge < -0.3 is 5.32 Å². The van der Waals surface area contributed by atoms with Gasteiger partial charge in [-0.3, -0.25) is 0 Å². The fraction of sp³-hybridized carbons (Fsp3) is 0.231. The van der Waals surface area contributed by atoms with Crippen LogP contribution in [0.3, 0.4) is 0 Å². The van der Waals surface area contributed by atoms with Crippen molar-refractivity contribution in [2.75, 3.05) is 7.05 Å². The van der Waals surface area contributed by atoms with Gasteiger partial charge in [0.15, 0.2) is 0 Å². The highest BCUT2D eigenvalue weighted by Crippen LogP contribution is 2.34.